The molecule has 0 bridgehead atoms. The van der Waals surface area contributed by atoms with E-state index in [2.05, 4.69) is 15.0 Å². The van der Waals surface area contributed by atoms with Crippen LogP contribution >= 0.6 is 0 Å². The van der Waals surface area contributed by atoms with Crippen molar-refractivity contribution in [3.8, 4) is 73.2 Å². The average Bonchev–Trinajstić information content (AvgIpc) is 1.51. The van der Waals surface area contributed by atoms with Gasteiger partial charge in [-0.25, -0.2) is 15.0 Å². The van der Waals surface area contributed by atoms with Gasteiger partial charge in [-0.05, 0) is 69.7 Å². The quantitative estimate of drug-likeness (QED) is 0.164. The maximum absolute atomic E-state index is 9.74. The van der Waals surface area contributed by atoms with Gasteiger partial charge in [0.2, 0.25) is 0 Å². The number of para-hydroxylation sites is 1. The summed E-state index contributed by atoms with van der Waals surface area (Å²) >= 11 is 0. The van der Waals surface area contributed by atoms with E-state index in [9.17, 15) is 9.60 Å². The minimum absolute atomic E-state index is 0.287. The predicted molar refractivity (Wildman–Crippen MR) is 227 cm³/mol. The molecule has 0 saturated carbocycles. The van der Waals surface area contributed by atoms with Crippen LogP contribution in [0.2, 0.25) is 0 Å². The Bertz CT molecular complexity index is 4670. The first-order valence-electron chi connectivity index (χ1n) is 31.5. The highest BCUT2D eigenvalue weighted by atomic mass is 15.1. The van der Waals surface area contributed by atoms with E-state index in [0.29, 0.717) is 0 Å². The lowest BCUT2D eigenvalue weighted by Crippen LogP contribution is -2.04. The minimum atomic E-state index is -1.05. The third kappa shape index (κ3) is 6.06. The van der Waals surface area contributed by atoms with Crippen LogP contribution in [0, 0.1) is 0 Å². The van der Waals surface area contributed by atoms with Crippen molar-refractivity contribution in [3.05, 3.63) is 206 Å². The fourth-order valence-electron chi connectivity index (χ4n) is 5.75. The second kappa shape index (κ2) is 13.8. The Kier molecular flexibility index (Phi) is 3.39. The molecule has 0 aliphatic carbocycles. The van der Waals surface area contributed by atoms with Crippen LogP contribution < -0.4 is 0 Å². The van der Waals surface area contributed by atoms with Gasteiger partial charge in [-0.15, -0.1) is 0 Å². The van der Waals surface area contributed by atoms with Crippen molar-refractivity contribution in [1.82, 2.24) is 19.5 Å². The van der Waals surface area contributed by atoms with Gasteiger partial charge in [0.1, 0.15) is 0 Å². The molecule has 8 aromatic carbocycles. The van der Waals surface area contributed by atoms with Crippen molar-refractivity contribution in [1.29, 1.82) is 0 Å². The lowest BCUT2D eigenvalue weighted by Gasteiger charge is -2.16. The topological polar surface area (TPSA) is 43.6 Å². The largest absolute Gasteiger partial charge is 0.309 e. The zero-order chi connectivity index (χ0) is 63.5. The Morgan fingerprint density at radius 2 is 0.836 bits per heavy atom. The summed E-state index contributed by atoms with van der Waals surface area (Å²) in [4.78, 5) is 13.5. The van der Waals surface area contributed by atoms with Crippen LogP contribution in [0.5, 0.6) is 0 Å². The molecule has 0 radical (unpaired) electrons. The van der Waals surface area contributed by atoms with E-state index in [1.54, 1.807) is 0 Å². The van der Waals surface area contributed by atoms with E-state index in [4.69, 9.17) is 32.9 Å². The molecule has 0 fully saturated rings. The first-order valence-corrected chi connectivity index (χ1v) is 16.0. The van der Waals surface area contributed by atoms with E-state index < -0.39 is 277 Å². The monoisotopic (exact) mass is 733 g/mol. The molecule has 0 amide bonds. The van der Waals surface area contributed by atoms with E-state index in [0.717, 1.165) is 22.8 Å². The molecule has 0 saturated heterocycles. The van der Waals surface area contributed by atoms with Gasteiger partial charge in [-0.1, -0.05) is 169 Å². The molecule has 10 rings (SSSR count). The van der Waals surface area contributed by atoms with Crippen LogP contribution in [-0.4, -0.2) is 19.5 Å². The van der Waals surface area contributed by atoms with E-state index in [1.807, 2.05) is 0 Å². The number of hydrogen-bond acceptors (Lipinski definition) is 3. The molecule has 0 unspecified atom stereocenters. The highest BCUT2D eigenvalue weighted by Crippen LogP contribution is 2.39. The summed E-state index contributed by atoms with van der Waals surface area (Å²) in [6.45, 7) is 0. The van der Waals surface area contributed by atoms with Gasteiger partial charge < -0.3 is 4.57 Å². The molecule has 0 aliphatic heterocycles. The molecule has 4 nitrogen and oxygen atoms in total. The minimum Gasteiger partial charge on any atom is -0.309 e. The Morgan fingerprint density at radius 3 is 1.51 bits per heavy atom. The van der Waals surface area contributed by atoms with Crippen LogP contribution in [0.3, 0.4) is 0 Å². The zero-order valence-electron chi connectivity index (χ0n) is 58.5. The third-order valence-corrected chi connectivity index (χ3v) is 8.13. The molecule has 258 valence electrons. The van der Waals surface area contributed by atoms with Gasteiger partial charge in [-0.3, -0.25) is 0 Å². The van der Waals surface area contributed by atoms with E-state index >= 15 is 0 Å². The van der Waals surface area contributed by atoms with Crippen molar-refractivity contribution < 1.29 is 42.5 Å². The lowest BCUT2D eigenvalue weighted by atomic mass is 10.0. The van der Waals surface area contributed by atoms with Crippen LogP contribution in [0.1, 0.15) is 42.5 Å². The van der Waals surface area contributed by atoms with Crippen molar-refractivity contribution in [2.45, 2.75) is 0 Å². The summed E-state index contributed by atoms with van der Waals surface area (Å²) in [5.41, 5.74) is -7.72. The molecule has 0 aliphatic rings. The molecule has 4 heteroatoms. The van der Waals surface area contributed by atoms with Gasteiger partial charge in [0, 0.05) is 27.5 Å². The first kappa shape index (κ1) is 13.5. The highest BCUT2D eigenvalue weighted by molar-refractivity contribution is 6.11. The van der Waals surface area contributed by atoms with Crippen molar-refractivity contribution in [3.63, 3.8) is 0 Å². The summed E-state index contributed by atoms with van der Waals surface area (Å²) in [5.74, 6) is -2.63. The normalized spacial score (nSPS) is 19.2. The standard InChI is InChI=1S/C51H34N4/c1-5-16-35(17-6-1)39-24-15-25-42(32-39)50-52-49(38-22-11-4-12-23-38)53-51(54-50)45-34-41(37-20-9-3-10-21-37)29-31-48(45)55-46-27-14-13-26-43(46)44-33-40(28-30-47(44)55)36-18-7-2-8-19-36/h1-34H/i1D,2D,3D,4D,5D,6D,7D,8D,9D,10D,11D,12D,13D,14D,15D,16D,17D,18D,19D,20D,21D,22D,23D,24D,25D,26D,27D,28D,30D,32D,33D. The average molecular weight is 734 g/mol. The van der Waals surface area contributed by atoms with Gasteiger partial charge in [0.25, 0.3) is 0 Å². The molecule has 0 atom stereocenters. The molecule has 0 spiro atoms. The number of aromatic nitrogens is 4. The Balaban J connectivity index is 1.46. The van der Waals surface area contributed by atoms with Crippen LogP contribution in [0.15, 0.2) is 206 Å². The predicted octanol–water partition coefficient (Wildman–Crippen LogP) is 13.0. The van der Waals surface area contributed by atoms with Crippen LogP contribution in [0.4, 0.5) is 0 Å². The number of fused-ring (bicyclic) bond motifs is 3. The summed E-state index contributed by atoms with van der Waals surface area (Å²) in [7, 11) is 0. The Hall–Kier alpha value is -7.43. The van der Waals surface area contributed by atoms with Crippen LogP contribution in [-0.2, 0) is 0 Å². The second-order valence-electron chi connectivity index (χ2n) is 11.3. The summed E-state index contributed by atoms with van der Waals surface area (Å²) in [6, 6.07) is -25.1. The fourth-order valence-corrected chi connectivity index (χ4v) is 5.75. The van der Waals surface area contributed by atoms with E-state index in [1.165, 1.54) is 0 Å². The molecular formula is C51H34N4. The van der Waals surface area contributed by atoms with Gasteiger partial charge >= 0.3 is 0 Å². The molecule has 2 heterocycles. The van der Waals surface area contributed by atoms with Gasteiger partial charge in [0.05, 0.1) is 59.2 Å². The zero-order valence-corrected chi connectivity index (χ0v) is 27.5. The van der Waals surface area contributed by atoms with Gasteiger partial charge in [-0.2, -0.15) is 0 Å². The highest BCUT2D eigenvalue weighted by Gasteiger charge is 2.21. The van der Waals surface area contributed by atoms with Crippen molar-refractivity contribution >= 4 is 21.8 Å². The summed E-state index contributed by atoms with van der Waals surface area (Å²) in [5, 5.41) is -1.12. The smallest absolute Gasteiger partial charge is 0.166 e. The number of rotatable bonds is 7. The number of benzene rings is 8. The molecule has 0 N–H and O–H groups in total. The lowest BCUT2D eigenvalue weighted by molar-refractivity contribution is 1.06. The number of hydrogen-bond donors (Lipinski definition) is 0. The maximum atomic E-state index is 9.74. The van der Waals surface area contributed by atoms with E-state index in [-0.39, 0.29) is 5.56 Å². The van der Waals surface area contributed by atoms with Gasteiger partial charge in [0.15, 0.2) is 17.5 Å². The molecule has 2 aromatic heterocycles. The Morgan fingerprint density at radius 1 is 0.345 bits per heavy atom. The third-order valence-electron chi connectivity index (χ3n) is 8.13. The second-order valence-corrected chi connectivity index (χ2v) is 11.3. The molecule has 10 aromatic rings. The fraction of sp³-hybridized carbons (Fsp3) is 0. The van der Waals surface area contributed by atoms with Crippen LogP contribution in [0.25, 0.3) is 95.0 Å². The Labute approximate surface area is 363 Å². The SMILES string of the molecule is [2H]c1c([2H])c([2H])c(-c2ccc(-n3c4c([2H])c([2H])c([2H])c([2H])c4c4c([2H])c(-c5c([2H])c([2H])c([2H])c([2H])c5[2H])c([2H])c([2H])c43)c(-c3nc(-c4c([2H])c([2H])c([2H])c([2H])c4[2H])nc(-c4c([2H])c([2H])c([2H])c(-c5c([2H])c([2H])c([2H])c([2H])c5[2H])c4[2H])n3)c2)c([2H])c1[2H]. The van der Waals surface area contributed by atoms with Crippen molar-refractivity contribution in [2.24, 2.45) is 0 Å². The number of nitrogens with zero attached hydrogens (tertiary/aromatic N) is 4. The molecule has 55 heavy (non-hydrogen) atoms. The maximum Gasteiger partial charge on any atom is 0.166 e. The van der Waals surface area contributed by atoms with Crippen molar-refractivity contribution in [2.75, 3.05) is 0 Å². The first-order chi connectivity index (χ1) is 40.1. The summed E-state index contributed by atoms with van der Waals surface area (Å²) in [6.07, 6.45) is 0. The summed E-state index contributed by atoms with van der Waals surface area (Å²) < 4.78 is 275. The molecular weight excluding hydrogens is 669 g/mol.